The van der Waals surface area contributed by atoms with Crippen LogP contribution in [0, 0.1) is 0 Å². The molecule has 0 aromatic heterocycles. The first-order chi connectivity index (χ1) is 14.9. The summed E-state index contributed by atoms with van der Waals surface area (Å²) in [4.78, 5) is 14.6. The Kier molecular flexibility index (Phi) is 7.44. The van der Waals surface area contributed by atoms with E-state index in [0.29, 0.717) is 24.2 Å². The van der Waals surface area contributed by atoms with Gasteiger partial charge in [0.25, 0.3) is 15.9 Å². The zero-order valence-corrected chi connectivity index (χ0v) is 18.2. The van der Waals surface area contributed by atoms with Gasteiger partial charge in [0, 0.05) is 25.7 Å². The van der Waals surface area contributed by atoms with Gasteiger partial charge in [0.15, 0.2) is 0 Å². The van der Waals surface area contributed by atoms with Gasteiger partial charge >= 0.3 is 0 Å². The molecule has 162 valence electrons. The van der Waals surface area contributed by atoms with Gasteiger partial charge in [-0.15, -0.1) is 0 Å². The number of carbonyl (C=O) groups is 1. The van der Waals surface area contributed by atoms with Crippen molar-refractivity contribution in [1.82, 2.24) is 4.90 Å². The zero-order valence-electron chi connectivity index (χ0n) is 17.4. The average Bonchev–Trinajstić information content (AvgIpc) is 2.82. The van der Waals surface area contributed by atoms with E-state index in [0.717, 1.165) is 5.56 Å². The maximum absolute atomic E-state index is 12.9. The highest BCUT2D eigenvalue weighted by molar-refractivity contribution is 7.92. The Hall–Kier alpha value is -3.16. The number of nitrogens with zero attached hydrogens (tertiary/aromatic N) is 2. The predicted octanol–water partition coefficient (Wildman–Crippen LogP) is 3.19. The van der Waals surface area contributed by atoms with Gasteiger partial charge in [-0.2, -0.15) is 0 Å². The van der Waals surface area contributed by atoms with Gasteiger partial charge in [-0.05, 0) is 48.4 Å². The molecule has 0 heterocycles. The fraction of sp³-hybridized carbons (Fsp3) is 0.208. The minimum Gasteiger partial charge on any atom is -0.395 e. The summed E-state index contributed by atoms with van der Waals surface area (Å²) in [6.45, 7) is 0.525. The van der Waals surface area contributed by atoms with E-state index in [1.54, 1.807) is 29.2 Å². The van der Waals surface area contributed by atoms with Crippen molar-refractivity contribution in [3.8, 4) is 0 Å². The standard InChI is InChI=1S/C24H26N2O4S/c1-25(22-10-6-3-7-11-22)31(29,30)23-14-12-21(13-15-23)24(28)26(18-19-27)17-16-20-8-4-2-5-9-20/h2-15,27H,16-19H2,1H3. The monoisotopic (exact) mass is 438 g/mol. The number of anilines is 1. The molecule has 0 spiro atoms. The molecule has 0 atom stereocenters. The Bertz CT molecular complexity index is 1090. The summed E-state index contributed by atoms with van der Waals surface area (Å²) in [5, 5.41) is 9.37. The zero-order chi connectivity index (χ0) is 22.3. The van der Waals surface area contributed by atoms with Crippen molar-refractivity contribution in [1.29, 1.82) is 0 Å². The van der Waals surface area contributed by atoms with Gasteiger partial charge in [0.05, 0.1) is 17.2 Å². The second-order valence-corrected chi connectivity index (χ2v) is 9.05. The summed E-state index contributed by atoms with van der Waals surface area (Å²) >= 11 is 0. The first-order valence-electron chi connectivity index (χ1n) is 10.0. The molecule has 0 aliphatic heterocycles. The van der Waals surface area contributed by atoms with Crippen molar-refractivity contribution in [2.45, 2.75) is 11.3 Å². The summed E-state index contributed by atoms with van der Waals surface area (Å²) in [5.74, 6) is -0.245. The van der Waals surface area contributed by atoms with E-state index in [1.165, 1.54) is 35.6 Å². The number of sulfonamides is 1. The van der Waals surface area contributed by atoms with Crippen LogP contribution in [0.5, 0.6) is 0 Å². The fourth-order valence-electron chi connectivity index (χ4n) is 3.23. The van der Waals surface area contributed by atoms with Gasteiger partial charge in [-0.3, -0.25) is 9.10 Å². The van der Waals surface area contributed by atoms with E-state index in [1.807, 2.05) is 36.4 Å². The van der Waals surface area contributed by atoms with Crippen LogP contribution in [0.25, 0.3) is 0 Å². The molecular weight excluding hydrogens is 412 g/mol. The predicted molar refractivity (Wildman–Crippen MR) is 122 cm³/mol. The highest BCUT2D eigenvalue weighted by atomic mass is 32.2. The van der Waals surface area contributed by atoms with Crippen LogP contribution in [0.3, 0.4) is 0 Å². The van der Waals surface area contributed by atoms with E-state index in [9.17, 15) is 18.3 Å². The van der Waals surface area contributed by atoms with Gasteiger partial charge in [-0.25, -0.2) is 8.42 Å². The molecule has 3 rings (SSSR count). The number of hydrogen-bond donors (Lipinski definition) is 1. The maximum Gasteiger partial charge on any atom is 0.264 e. The van der Waals surface area contributed by atoms with Crippen LogP contribution >= 0.6 is 0 Å². The Morgan fingerprint density at radius 2 is 1.42 bits per heavy atom. The van der Waals surface area contributed by atoms with Crippen molar-refractivity contribution < 1.29 is 18.3 Å². The molecule has 31 heavy (non-hydrogen) atoms. The summed E-state index contributed by atoms with van der Waals surface area (Å²) in [5.41, 5.74) is 2.03. The first kappa shape index (κ1) is 22.5. The van der Waals surface area contributed by atoms with Crippen LogP contribution < -0.4 is 4.31 Å². The lowest BCUT2D eigenvalue weighted by Crippen LogP contribution is -2.35. The minimum atomic E-state index is -3.74. The summed E-state index contributed by atoms with van der Waals surface area (Å²) in [6, 6.07) is 24.5. The Morgan fingerprint density at radius 3 is 2.00 bits per heavy atom. The number of rotatable bonds is 9. The average molecular weight is 439 g/mol. The summed E-state index contributed by atoms with van der Waals surface area (Å²) in [6.07, 6.45) is 0.668. The molecule has 1 N–H and O–H groups in total. The molecule has 0 unspecified atom stereocenters. The number of carbonyl (C=O) groups excluding carboxylic acids is 1. The van der Waals surface area contributed by atoms with Crippen LogP contribution in [0.1, 0.15) is 15.9 Å². The lowest BCUT2D eigenvalue weighted by atomic mass is 10.1. The highest BCUT2D eigenvalue weighted by Crippen LogP contribution is 2.22. The molecule has 0 aliphatic carbocycles. The van der Waals surface area contributed by atoms with Gasteiger partial charge in [-0.1, -0.05) is 48.5 Å². The van der Waals surface area contributed by atoms with E-state index >= 15 is 0 Å². The van der Waals surface area contributed by atoms with Crippen molar-refractivity contribution in [2.75, 3.05) is 31.0 Å². The molecule has 0 aliphatic rings. The third-order valence-corrected chi connectivity index (χ3v) is 6.85. The molecular formula is C24H26N2O4S. The SMILES string of the molecule is CN(c1ccccc1)S(=O)(=O)c1ccc(C(=O)N(CCO)CCc2ccccc2)cc1. The summed E-state index contributed by atoms with van der Waals surface area (Å²) in [7, 11) is -2.25. The van der Waals surface area contributed by atoms with Crippen LogP contribution in [-0.4, -0.2) is 51.1 Å². The van der Waals surface area contributed by atoms with E-state index in [2.05, 4.69) is 0 Å². The molecule has 0 radical (unpaired) electrons. The third kappa shape index (κ3) is 5.51. The molecule has 0 fully saturated rings. The van der Waals surface area contributed by atoms with Crippen molar-refractivity contribution in [3.05, 3.63) is 96.1 Å². The fourth-order valence-corrected chi connectivity index (χ4v) is 4.43. The highest BCUT2D eigenvalue weighted by Gasteiger charge is 2.22. The molecule has 3 aromatic rings. The summed E-state index contributed by atoms with van der Waals surface area (Å²) < 4.78 is 27.0. The van der Waals surface area contributed by atoms with Crippen LogP contribution in [0.2, 0.25) is 0 Å². The lowest BCUT2D eigenvalue weighted by molar-refractivity contribution is 0.0724. The molecule has 3 aromatic carbocycles. The first-order valence-corrected chi connectivity index (χ1v) is 11.5. The Labute approximate surface area is 183 Å². The number of amides is 1. The number of hydrogen-bond acceptors (Lipinski definition) is 4. The minimum absolute atomic E-state index is 0.105. The van der Waals surface area contributed by atoms with E-state index in [4.69, 9.17) is 0 Å². The molecule has 0 saturated heterocycles. The van der Waals surface area contributed by atoms with Crippen molar-refractivity contribution in [2.24, 2.45) is 0 Å². The molecule has 0 bridgehead atoms. The topological polar surface area (TPSA) is 77.9 Å². The number of benzene rings is 3. The number of aliphatic hydroxyl groups is 1. The normalized spacial score (nSPS) is 11.2. The van der Waals surface area contributed by atoms with E-state index in [-0.39, 0.29) is 24.0 Å². The molecule has 0 saturated carbocycles. The third-order valence-electron chi connectivity index (χ3n) is 5.05. The Morgan fingerprint density at radius 1 is 0.839 bits per heavy atom. The van der Waals surface area contributed by atoms with Crippen molar-refractivity contribution >= 4 is 21.6 Å². The van der Waals surface area contributed by atoms with Gasteiger partial charge < -0.3 is 10.0 Å². The van der Waals surface area contributed by atoms with E-state index < -0.39 is 10.0 Å². The second-order valence-electron chi connectivity index (χ2n) is 7.08. The Balaban J connectivity index is 1.74. The van der Waals surface area contributed by atoms with Crippen LogP contribution in [0.4, 0.5) is 5.69 Å². The number of aliphatic hydroxyl groups excluding tert-OH is 1. The smallest absolute Gasteiger partial charge is 0.264 e. The molecule has 1 amide bonds. The molecule has 6 nitrogen and oxygen atoms in total. The van der Waals surface area contributed by atoms with Gasteiger partial charge in [0.1, 0.15) is 0 Å². The maximum atomic E-state index is 12.9. The van der Waals surface area contributed by atoms with Crippen LogP contribution in [0.15, 0.2) is 89.8 Å². The quantitative estimate of drug-likeness (QED) is 0.557. The number of para-hydroxylation sites is 1. The molecule has 7 heteroatoms. The van der Waals surface area contributed by atoms with Crippen LogP contribution in [-0.2, 0) is 16.4 Å². The van der Waals surface area contributed by atoms with Gasteiger partial charge in [0.2, 0.25) is 0 Å². The lowest BCUT2D eigenvalue weighted by Gasteiger charge is -2.22. The second kappa shape index (κ2) is 10.2. The largest absolute Gasteiger partial charge is 0.395 e. The van der Waals surface area contributed by atoms with Crippen molar-refractivity contribution in [3.63, 3.8) is 0 Å².